The second kappa shape index (κ2) is 10.0. The van der Waals surface area contributed by atoms with Gasteiger partial charge in [0.25, 0.3) is 0 Å². The molecular formula is C5H11LiS. The van der Waals surface area contributed by atoms with Gasteiger partial charge in [-0.05, 0) is 12.2 Å². The van der Waals surface area contributed by atoms with Crippen molar-refractivity contribution in [2.45, 2.75) is 19.8 Å². The third kappa shape index (κ3) is 10.9. The first kappa shape index (κ1) is 10.8. The van der Waals surface area contributed by atoms with Gasteiger partial charge in [-0.15, -0.1) is 0 Å². The Kier molecular flexibility index (Phi) is 15.6. The summed E-state index contributed by atoms with van der Waals surface area (Å²) in [5, 5.41) is 0. The molecule has 0 radical (unpaired) electrons. The van der Waals surface area contributed by atoms with Crippen LogP contribution < -0.4 is 18.9 Å². The minimum atomic E-state index is 0. The maximum Gasteiger partial charge on any atom is 1.00 e. The summed E-state index contributed by atoms with van der Waals surface area (Å²) in [6.45, 7) is 2.19. The molecule has 38 valence electrons. The Labute approximate surface area is 62.6 Å². The third-order valence-corrected chi connectivity index (χ3v) is 1.22. The molecule has 0 nitrogen and oxygen atoms in total. The summed E-state index contributed by atoms with van der Waals surface area (Å²) in [6, 6.07) is 0. The predicted octanol–water partition coefficient (Wildman–Crippen LogP) is -0.685. The molecule has 0 aliphatic carbocycles. The van der Waals surface area contributed by atoms with E-state index in [1.165, 1.54) is 18.6 Å². The van der Waals surface area contributed by atoms with Crippen LogP contribution in [0.5, 0.6) is 0 Å². The maximum atomic E-state index is 3.64. The Morgan fingerprint density at radius 1 is 1.57 bits per heavy atom. The number of rotatable bonds is 3. The predicted molar refractivity (Wildman–Crippen MR) is 32.7 cm³/mol. The molecule has 0 saturated carbocycles. The molecule has 0 saturated heterocycles. The van der Waals surface area contributed by atoms with E-state index in [4.69, 9.17) is 0 Å². The fourth-order valence-corrected chi connectivity index (χ4v) is 0.739. The summed E-state index contributed by atoms with van der Waals surface area (Å²) in [6.07, 6.45) is 6.25. The summed E-state index contributed by atoms with van der Waals surface area (Å²) >= 11 is 1.68. The Hall–Kier alpha value is 0.947. The van der Waals surface area contributed by atoms with Crippen LogP contribution >= 0.6 is 11.8 Å². The van der Waals surface area contributed by atoms with Crippen molar-refractivity contribution in [2.75, 3.05) is 5.75 Å². The van der Waals surface area contributed by atoms with Crippen molar-refractivity contribution in [2.24, 2.45) is 0 Å². The van der Waals surface area contributed by atoms with Gasteiger partial charge in [-0.3, -0.25) is 6.26 Å². The minimum absolute atomic E-state index is 0. The number of unbranched alkanes of at least 4 members (excludes halogenated alkanes) is 1. The molecule has 0 atom stereocenters. The van der Waals surface area contributed by atoms with E-state index in [9.17, 15) is 0 Å². The second-order valence-electron chi connectivity index (χ2n) is 1.26. The molecule has 2 heteroatoms. The Bertz CT molecular complexity index is 20.0. The van der Waals surface area contributed by atoms with Crippen molar-refractivity contribution < 1.29 is 18.9 Å². The third-order valence-electron chi connectivity index (χ3n) is 0.642. The van der Waals surface area contributed by atoms with Crippen LogP contribution in [-0.2, 0) is 0 Å². The van der Waals surface area contributed by atoms with E-state index >= 15 is 0 Å². The van der Waals surface area contributed by atoms with Gasteiger partial charge in [-0.2, -0.15) is 0 Å². The molecule has 0 aliphatic heterocycles. The quantitative estimate of drug-likeness (QED) is 0.263. The summed E-state index contributed by atoms with van der Waals surface area (Å²) in [5.74, 6) is 1.22. The molecule has 0 aromatic carbocycles. The van der Waals surface area contributed by atoms with Crippen molar-refractivity contribution in [3.8, 4) is 0 Å². The van der Waals surface area contributed by atoms with Gasteiger partial charge in [0, 0.05) is 0 Å². The van der Waals surface area contributed by atoms with E-state index in [0.29, 0.717) is 0 Å². The zero-order valence-electron chi connectivity index (χ0n) is 5.24. The molecular weight excluding hydrogens is 99.1 g/mol. The molecule has 7 heavy (non-hydrogen) atoms. The van der Waals surface area contributed by atoms with Crippen LogP contribution in [0.3, 0.4) is 0 Å². The average molecular weight is 110 g/mol. The maximum absolute atomic E-state index is 3.64. The summed E-state index contributed by atoms with van der Waals surface area (Å²) in [7, 11) is 0. The van der Waals surface area contributed by atoms with E-state index in [2.05, 4.69) is 13.2 Å². The number of hydrogen-bond acceptors (Lipinski definition) is 1. The second-order valence-corrected chi connectivity index (χ2v) is 2.08. The fourth-order valence-electron chi connectivity index (χ4n) is 0.246. The molecule has 0 heterocycles. The normalized spacial score (nSPS) is 7.71. The van der Waals surface area contributed by atoms with Crippen LogP contribution in [-0.4, -0.2) is 5.75 Å². The first-order valence-corrected chi connectivity index (χ1v) is 3.44. The summed E-state index contributed by atoms with van der Waals surface area (Å²) < 4.78 is 0. The van der Waals surface area contributed by atoms with Gasteiger partial charge in [0.1, 0.15) is 0 Å². The van der Waals surface area contributed by atoms with Crippen molar-refractivity contribution in [3.05, 3.63) is 6.26 Å². The van der Waals surface area contributed by atoms with Crippen molar-refractivity contribution in [3.63, 3.8) is 0 Å². The average Bonchev–Trinajstić information content (AvgIpc) is 1.61. The monoisotopic (exact) mass is 110 g/mol. The van der Waals surface area contributed by atoms with Crippen LogP contribution in [0, 0.1) is 6.26 Å². The topological polar surface area (TPSA) is 0 Å². The number of hydrogen-bond donors (Lipinski definition) is 0. The van der Waals surface area contributed by atoms with Crippen LogP contribution in [0.15, 0.2) is 0 Å². The molecule has 0 bridgehead atoms. The van der Waals surface area contributed by atoms with Crippen LogP contribution in [0.1, 0.15) is 19.8 Å². The van der Waals surface area contributed by atoms with Gasteiger partial charge in [0.05, 0.1) is 0 Å². The molecule has 0 aliphatic rings. The van der Waals surface area contributed by atoms with E-state index < -0.39 is 0 Å². The molecule has 0 amide bonds. The van der Waals surface area contributed by atoms with E-state index in [1.807, 2.05) is 0 Å². The van der Waals surface area contributed by atoms with E-state index in [-0.39, 0.29) is 18.9 Å². The van der Waals surface area contributed by atoms with Crippen LogP contribution in [0.2, 0.25) is 0 Å². The van der Waals surface area contributed by atoms with Gasteiger partial charge in [0.15, 0.2) is 0 Å². The van der Waals surface area contributed by atoms with Gasteiger partial charge < -0.3 is 11.8 Å². The minimum Gasteiger partial charge on any atom is -0.354 e. The molecule has 0 unspecified atom stereocenters. The van der Waals surface area contributed by atoms with Crippen molar-refractivity contribution >= 4 is 11.8 Å². The smallest absolute Gasteiger partial charge is 0.354 e. The Morgan fingerprint density at radius 2 is 2.14 bits per heavy atom. The van der Waals surface area contributed by atoms with Gasteiger partial charge in [-0.25, -0.2) is 0 Å². The SMILES string of the molecule is [CH2-]SCCCC.[Li+]. The van der Waals surface area contributed by atoms with Crippen molar-refractivity contribution in [1.29, 1.82) is 0 Å². The van der Waals surface area contributed by atoms with Crippen LogP contribution in [0.25, 0.3) is 0 Å². The largest absolute Gasteiger partial charge is 1.00 e. The Balaban J connectivity index is 0. The molecule has 0 fully saturated rings. The first-order valence-electron chi connectivity index (χ1n) is 2.28. The summed E-state index contributed by atoms with van der Waals surface area (Å²) in [4.78, 5) is 0. The van der Waals surface area contributed by atoms with E-state index in [1.54, 1.807) is 11.8 Å². The molecule has 0 rings (SSSR count). The molecule has 0 spiro atoms. The fraction of sp³-hybridized carbons (Fsp3) is 0.800. The standard InChI is InChI=1S/C5H11S.Li/c1-3-4-5-6-2;/h2-5H2,1H3;/q-1;+1. The van der Waals surface area contributed by atoms with Gasteiger partial charge in [0.2, 0.25) is 0 Å². The molecule has 0 aromatic heterocycles. The zero-order chi connectivity index (χ0) is 4.83. The zero-order valence-corrected chi connectivity index (χ0v) is 6.05. The van der Waals surface area contributed by atoms with Gasteiger partial charge in [-0.1, -0.05) is 13.3 Å². The van der Waals surface area contributed by atoms with Crippen molar-refractivity contribution in [1.82, 2.24) is 0 Å². The van der Waals surface area contributed by atoms with Crippen LogP contribution in [0.4, 0.5) is 0 Å². The van der Waals surface area contributed by atoms with Gasteiger partial charge >= 0.3 is 18.9 Å². The first-order chi connectivity index (χ1) is 2.91. The van der Waals surface area contributed by atoms with E-state index in [0.717, 1.165) is 0 Å². The summed E-state index contributed by atoms with van der Waals surface area (Å²) in [5.41, 5.74) is 0. The Morgan fingerprint density at radius 3 is 2.29 bits per heavy atom. The molecule has 0 N–H and O–H groups in total. The molecule has 0 aromatic rings. The number of thioether (sulfide) groups is 1.